The Morgan fingerprint density at radius 1 is 1.24 bits per heavy atom. The van der Waals surface area contributed by atoms with Gasteiger partial charge in [0, 0.05) is 12.6 Å². The summed E-state index contributed by atoms with van der Waals surface area (Å²) in [5.74, 6) is 1.03. The number of benzene rings is 1. The van der Waals surface area contributed by atoms with Crippen LogP contribution in [0.4, 0.5) is 0 Å². The standard InChI is InChI=1S/C19H31NO/c1-4-8-18-17(13-19(21)15(2)3)11-12-20(18)14-16-9-6-5-7-10-16/h5-7,9-10,15,17-19,21H,4,8,11-14H2,1-3H3/t17-,18+,19?/m1/s1. The molecule has 0 bridgehead atoms. The minimum Gasteiger partial charge on any atom is -0.393 e. The van der Waals surface area contributed by atoms with Crippen LogP contribution >= 0.6 is 0 Å². The molecule has 0 aliphatic carbocycles. The van der Waals surface area contributed by atoms with Gasteiger partial charge in [0.1, 0.15) is 0 Å². The molecule has 1 aromatic rings. The second kappa shape index (κ2) is 7.95. The van der Waals surface area contributed by atoms with Crippen LogP contribution < -0.4 is 0 Å². The predicted octanol–water partition coefficient (Wildman–Crippen LogP) is 4.08. The van der Waals surface area contributed by atoms with Crippen LogP contribution in [0.2, 0.25) is 0 Å². The van der Waals surface area contributed by atoms with E-state index in [2.05, 4.69) is 56.0 Å². The number of aliphatic hydroxyl groups excluding tert-OH is 1. The summed E-state index contributed by atoms with van der Waals surface area (Å²) in [6.45, 7) is 8.75. The van der Waals surface area contributed by atoms with Crippen LogP contribution in [0.1, 0.15) is 52.0 Å². The topological polar surface area (TPSA) is 23.5 Å². The van der Waals surface area contributed by atoms with Crippen molar-refractivity contribution < 1.29 is 5.11 Å². The van der Waals surface area contributed by atoms with Gasteiger partial charge >= 0.3 is 0 Å². The first-order chi connectivity index (χ1) is 10.1. The molecule has 0 aromatic heterocycles. The van der Waals surface area contributed by atoms with Crippen LogP contribution in [0.5, 0.6) is 0 Å². The second-order valence-electron chi connectivity index (χ2n) is 6.91. The molecule has 1 aliphatic heterocycles. The molecular formula is C19H31NO. The molecule has 1 aliphatic rings. The zero-order valence-corrected chi connectivity index (χ0v) is 13.8. The Bertz CT molecular complexity index is 403. The summed E-state index contributed by atoms with van der Waals surface area (Å²) in [5.41, 5.74) is 1.41. The molecule has 0 spiro atoms. The van der Waals surface area contributed by atoms with E-state index in [0.717, 1.165) is 13.0 Å². The third-order valence-electron chi connectivity index (χ3n) is 4.93. The van der Waals surface area contributed by atoms with Crippen molar-refractivity contribution in [2.75, 3.05) is 6.54 Å². The summed E-state index contributed by atoms with van der Waals surface area (Å²) in [4.78, 5) is 2.64. The molecule has 1 heterocycles. The highest BCUT2D eigenvalue weighted by Gasteiger charge is 2.34. The van der Waals surface area contributed by atoms with E-state index >= 15 is 0 Å². The van der Waals surface area contributed by atoms with E-state index in [4.69, 9.17) is 0 Å². The van der Waals surface area contributed by atoms with Crippen molar-refractivity contribution in [3.05, 3.63) is 35.9 Å². The molecular weight excluding hydrogens is 258 g/mol. The van der Waals surface area contributed by atoms with Gasteiger partial charge in [0.15, 0.2) is 0 Å². The molecule has 1 saturated heterocycles. The Morgan fingerprint density at radius 2 is 1.95 bits per heavy atom. The molecule has 1 unspecified atom stereocenters. The van der Waals surface area contributed by atoms with Crippen molar-refractivity contribution in [3.8, 4) is 0 Å². The Hall–Kier alpha value is -0.860. The number of nitrogens with zero attached hydrogens (tertiary/aromatic N) is 1. The first kappa shape index (κ1) is 16.5. The highest BCUT2D eigenvalue weighted by molar-refractivity contribution is 5.15. The number of hydrogen-bond acceptors (Lipinski definition) is 2. The average molecular weight is 289 g/mol. The third kappa shape index (κ3) is 4.55. The predicted molar refractivity (Wildman–Crippen MR) is 89.1 cm³/mol. The molecule has 2 heteroatoms. The molecule has 3 atom stereocenters. The van der Waals surface area contributed by atoms with Gasteiger partial charge in [0.25, 0.3) is 0 Å². The van der Waals surface area contributed by atoms with Gasteiger partial charge < -0.3 is 5.11 Å². The molecule has 2 rings (SSSR count). The van der Waals surface area contributed by atoms with Gasteiger partial charge in [-0.25, -0.2) is 0 Å². The van der Waals surface area contributed by atoms with Gasteiger partial charge in [-0.3, -0.25) is 4.90 Å². The summed E-state index contributed by atoms with van der Waals surface area (Å²) < 4.78 is 0. The Kier molecular flexibility index (Phi) is 6.25. The van der Waals surface area contributed by atoms with Crippen molar-refractivity contribution in [1.29, 1.82) is 0 Å². The highest BCUT2D eigenvalue weighted by atomic mass is 16.3. The lowest BCUT2D eigenvalue weighted by Gasteiger charge is -2.30. The molecule has 0 saturated carbocycles. The van der Waals surface area contributed by atoms with Gasteiger partial charge in [-0.05, 0) is 43.2 Å². The van der Waals surface area contributed by atoms with Crippen LogP contribution in [-0.4, -0.2) is 28.7 Å². The lowest BCUT2D eigenvalue weighted by molar-refractivity contribution is 0.0841. The molecule has 21 heavy (non-hydrogen) atoms. The smallest absolute Gasteiger partial charge is 0.0566 e. The number of rotatable bonds is 7. The largest absolute Gasteiger partial charge is 0.393 e. The maximum atomic E-state index is 10.2. The first-order valence-electron chi connectivity index (χ1n) is 8.57. The van der Waals surface area contributed by atoms with E-state index in [1.54, 1.807) is 0 Å². The van der Waals surface area contributed by atoms with E-state index in [9.17, 15) is 5.11 Å². The van der Waals surface area contributed by atoms with Gasteiger partial charge in [-0.15, -0.1) is 0 Å². The van der Waals surface area contributed by atoms with Crippen LogP contribution in [0, 0.1) is 11.8 Å². The number of aliphatic hydroxyl groups is 1. The normalized spacial score (nSPS) is 24.6. The molecule has 2 nitrogen and oxygen atoms in total. The molecule has 0 amide bonds. The van der Waals surface area contributed by atoms with Crippen LogP contribution in [0.25, 0.3) is 0 Å². The zero-order valence-electron chi connectivity index (χ0n) is 13.8. The van der Waals surface area contributed by atoms with Crippen molar-refractivity contribution >= 4 is 0 Å². The van der Waals surface area contributed by atoms with Gasteiger partial charge in [-0.1, -0.05) is 57.5 Å². The number of likely N-dealkylation sites (tertiary alicyclic amines) is 1. The average Bonchev–Trinajstić information content (AvgIpc) is 2.83. The maximum absolute atomic E-state index is 10.2. The summed E-state index contributed by atoms with van der Waals surface area (Å²) in [6.07, 6.45) is 4.53. The van der Waals surface area contributed by atoms with E-state index in [1.165, 1.54) is 31.4 Å². The van der Waals surface area contributed by atoms with Crippen LogP contribution in [-0.2, 0) is 6.54 Å². The van der Waals surface area contributed by atoms with Crippen molar-refractivity contribution in [1.82, 2.24) is 4.90 Å². The molecule has 1 fully saturated rings. The Balaban J connectivity index is 1.99. The molecule has 1 aromatic carbocycles. The van der Waals surface area contributed by atoms with Gasteiger partial charge in [-0.2, -0.15) is 0 Å². The minimum atomic E-state index is -0.147. The molecule has 118 valence electrons. The SMILES string of the molecule is CCC[C@H]1[C@@H](CC(O)C(C)C)CCN1Cc1ccccc1. The van der Waals surface area contributed by atoms with Crippen LogP contribution in [0.3, 0.4) is 0 Å². The fourth-order valence-electron chi connectivity index (χ4n) is 3.57. The molecule has 0 radical (unpaired) electrons. The van der Waals surface area contributed by atoms with Crippen molar-refractivity contribution in [2.24, 2.45) is 11.8 Å². The van der Waals surface area contributed by atoms with Crippen molar-refractivity contribution in [2.45, 2.75) is 65.1 Å². The van der Waals surface area contributed by atoms with Crippen LogP contribution in [0.15, 0.2) is 30.3 Å². The lowest BCUT2D eigenvalue weighted by Crippen LogP contribution is -2.34. The number of hydrogen-bond donors (Lipinski definition) is 1. The van der Waals surface area contributed by atoms with Crippen molar-refractivity contribution in [3.63, 3.8) is 0 Å². The van der Waals surface area contributed by atoms with E-state index in [-0.39, 0.29) is 6.10 Å². The lowest BCUT2D eigenvalue weighted by atomic mass is 9.88. The quantitative estimate of drug-likeness (QED) is 0.817. The maximum Gasteiger partial charge on any atom is 0.0566 e. The summed E-state index contributed by atoms with van der Waals surface area (Å²) in [6, 6.07) is 11.4. The highest BCUT2D eigenvalue weighted by Crippen LogP contribution is 2.33. The van der Waals surface area contributed by atoms with E-state index < -0.39 is 0 Å². The second-order valence-corrected chi connectivity index (χ2v) is 6.91. The molecule has 1 N–H and O–H groups in total. The monoisotopic (exact) mass is 289 g/mol. The fourth-order valence-corrected chi connectivity index (χ4v) is 3.57. The zero-order chi connectivity index (χ0) is 15.2. The minimum absolute atomic E-state index is 0.147. The Labute approximate surface area is 130 Å². The van der Waals surface area contributed by atoms with Gasteiger partial charge in [0.05, 0.1) is 6.10 Å². The summed E-state index contributed by atoms with van der Waals surface area (Å²) in [7, 11) is 0. The van der Waals surface area contributed by atoms with Gasteiger partial charge in [0.2, 0.25) is 0 Å². The van der Waals surface area contributed by atoms with E-state index in [0.29, 0.717) is 17.9 Å². The first-order valence-corrected chi connectivity index (χ1v) is 8.57. The summed E-state index contributed by atoms with van der Waals surface area (Å²) in [5, 5.41) is 10.2. The fraction of sp³-hybridized carbons (Fsp3) is 0.684. The summed E-state index contributed by atoms with van der Waals surface area (Å²) >= 11 is 0. The third-order valence-corrected chi connectivity index (χ3v) is 4.93. The Morgan fingerprint density at radius 3 is 2.57 bits per heavy atom. The van der Waals surface area contributed by atoms with E-state index in [1.807, 2.05) is 0 Å².